The highest BCUT2D eigenvalue weighted by molar-refractivity contribution is 5.23. The molecule has 0 saturated heterocycles. The molecular weight excluding hydrogens is 226 g/mol. The fraction of sp³-hybridized carbons (Fsp3) is 0.429. The number of nitrogens with zero attached hydrogens (tertiary/aromatic N) is 2. The highest BCUT2D eigenvalue weighted by atomic mass is 16.4. The number of hydrogen-bond donors (Lipinski definition) is 1. The summed E-state index contributed by atoms with van der Waals surface area (Å²) < 4.78 is 5.58. The van der Waals surface area contributed by atoms with Crippen LogP contribution >= 0.6 is 0 Å². The van der Waals surface area contributed by atoms with Gasteiger partial charge in [-0.2, -0.15) is 0 Å². The topological polar surface area (TPSA) is 51.0 Å². The van der Waals surface area contributed by atoms with E-state index in [1.165, 1.54) is 11.1 Å². The monoisotopic (exact) mass is 245 g/mol. The lowest BCUT2D eigenvalue weighted by molar-refractivity contribution is 0.427. The lowest BCUT2D eigenvalue weighted by Gasteiger charge is -2.03. The Morgan fingerprint density at radius 2 is 1.78 bits per heavy atom. The molecule has 0 atom stereocenters. The van der Waals surface area contributed by atoms with Gasteiger partial charge in [0.1, 0.15) is 0 Å². The molecule has 0 aliphatic carbocycles. The molecule has 0 unspecified atom stereocenters. The molecule has 2 aromatic rings. The quantitative estimate of drug-likeness (QED) is 0.879. The first-order valence-corrected chi connectivity index (χ1v) is 6.23. The summed E-state index contributed by atoms with van der Waals surface area (Å²) in [6.07, 6.45) is 0.689. The maximum Gasteiger partial charge on any atom is 0.230 e. The van der Waals surface area contributed by atoms with E-state index in [-0.39, 0.29) is 0 Å². The second-order valence-electron chi connectivity index (χ2n) is 4.79. The number of nitrogens with one attached hydrogen (secondary N) is 1. The summed E-state index contributed by atoms with van der Waals surface area (Å²) >= 11 is 0. The van der Waals surface area contributed by atoms with E-state index in [1.54, 1.807) is 0 Å². The highest BCUT2D eigenvalue weighted by Gasteiger charge is 2.07. The Hall–Kier alpha value is -1.68. The van der Waals surface area contributed by atoms with E-state index in [0.29, 0.717) is 30.8 Å². The van der Waals surface area contributed by atoms with Crippen LogP contribution in [0.4, 0.5) is 0 Å². The van der Waals surface area contributed by atoms with Crippen LogP contribution in [0, 0.1) is 6.92 Å². The standard InChI is InChI=1S/C14H19N3O/c1-10(2)15-9-14-17-16-13(18-14)8-12-6-4-11(3)5-7-12/h4-7,10,15H,8-9H2,1-3H3. The minimum atomic E-state index is 0.414. The van der Waals surface area contributed by atoms with Crippen molar-refractivity contribution in [2.24, 2.45) is 0 Å². The first-order valence-electron chi connectivity index (χ1n) is 6.23. The molecular formula is C14H19N3O. The van der Waals surface area contributed by atoms with Crippen LogP contribution in [0.15, 0.2) is 28.7 Å². The van der Waals surface area contributed by atoms with Crippen LogP contribution in [-0.2, 0) is 13.0 Å². The van der Waals surface area contributed by atoms with Gasteiger partial charge in [-0.1, -0.05) is 43.7 Å². The minimum absolute atomic E-state index is 0.414. The molecule has 4 nitrogen and oxygen atoms in total. The lowest BCUT2D eigenvalue weighted by atomic mass is 10.1. The van der Waals surface area contributed by atoms with Crippen LogP contribution in [0.2, 0.25) is 0 Å². The van der Waals surface area contributed by atoms with Crippen LogP contribution in [0.25, 0.3) is 0 Å². The molecule has 0 spiro atoms. The van der Waals surface area contributed by atoms with Crippen molar-refractivity contribution >= 4 is 0 Å². The first kappa shape index (κ1) is 12.8. The summed E-state index contributed by atoms with van der Waals surface area (Å²) in [5, 5.41) is 11.3. The van der Waals surface area contributed by atoms with Crippen molar-refractivity contribution in [3.63, 3.8) is 0 Å². The second kappa shape index (κ2) is 5.78. The Kier molecular flexibility index (Phi) is 4.10. The summed E-state index contributed by atoms with van der Waals surface area (Å²) in [6, 6.07) is 8.77. The van der Waals surface area contributed by atoms with Crippen molar-refractivity contribution in [3.8, 4) is 0 Å². The Balaban J connectivity index is 1.95. The molecule has 0 aliphatic heterocycles. The molecule has 0 saturated carbocycles. The van der Waals surface area contributed by atoms with Crippen LogP contribution in [0.3, 0.4) is 0 Å². The number of rotatable bonds is 5. The molecule has 0 bridgehead atoms. The van der Waals surface area contributed by atoms with Gasteiger partial charge in [0.05, 0.1) is 13.0 Å². The molecule has 0 radical (unpaired) electrons. The molecule has 96 valence electrons. The fourth-order valence-electron chi connectivity index (χ4n) is 1.60. The third-order valence-electron chi connectivity index (χ3n) is 2.65. The second-order valence-corrected chi connectivity index (χ2v) is 4.79. The maximum atomic E-state index is 5.58. The van der Waals surface area contributed by atoms with Crippen LogP contribution in [0.1, 0.15) is 36.8 Å². The van der Waals surface area contributed by atoms with Gasteiger partial charge in [0, 0.05) is 6.04 Å². The van der Waals surface area contributed by atoms with Crippen molar-refractivity contribution in [1.82, 2.24) is 15.5 Å². The van der Waals surface area contributed by atoms with Gasteiger partial charge in [0.15, 0.2) is 0 Å². The zero-order valence-corrected chi connectivity index (χ0v) is 11.1. The molecule has 18 heavy (non-hydrogen) atoms. The van der Waals surface area contributed by atoms with E-state index < -0.39 is 0 Å². The first-order chi connectivity index (χ1) is 8.63. The molecule has 4 heteroatoms. The SMILES string of the molecule is Cc1ccc(Cc2nnc(CNC(C)C)o2)cc1. The zero-order valence-electron chi connectivity index (χ0n) is 11.1. The Labute approximate surface area is 107 Å². The third-order valence-corrected chi connectivity index (χ3v) is 2.65. The van der Waals surface area contributed by atoms with Crippen molar-refractivity contribution in [2.45, 2.75) is 39.8 Å². The molecule has 0 fully saturated rings. The van der Waals surface area contributed by atoms with E-state index >= 15 is 0 Å². The Morgan fingerprint density at radius 1 is 1.11 bits per heavy atom. The van der Waals surface area contributed by atoms with Crippen LogP contribution in [-0.4, -0.2) is 16.2 Å². The summed E-state index contributed by atoms with van der Waals surface area (Å²) in [5.41, 5.74) is 2.44. The zero-order chi connectivity index (χ0) is 13.0. The van der Waals surface area contributed by atoms with E-state index in [9.17, 15) is 0 Å². The van der Waals surface area contributed by atoms with Gasteiger partial charge in [-0.05, 0) is 12.5 Å². The van der Waals surface area contributed by atoms with Crippen molar-refractivity contribution < 1.29 is 4.42 Å². The molecule has 1 heterocycles. The van der Waals surface area contributed by atoms with Gasteiger partial charge >= 0.3 is 0 Å². The predicted octanol–water partition coefficient (Wildman–Crippen LogP) is 2.47. The molecule has 1 aromatic heterocycles. The van der Waals surface area contributed by atoms with E-state index in [2.05, 4.69) is 60.6 Å². The van der Waals surface area contributed by atoms with Crippen LogP contribution in [0.5, 0.6) is 0 Å². The Bertz CT molecular complexity index is 488. The van der Waals surface area contributed by atoms with Crippen molar-refractivity contribution in [2.75, 3.05) is 0 Å². The van der Waals surface area contributed by atoms with Gasteiger partial charge < -0.3 is 9.73 Å². The summed E-state index contributed by atoms with van der Waals surface area (Å²) in [5.74, 6) is 1.31. The smallest absolute Gasteiger partial charge is 0.230 e. The molecule has 2 rings (SSSR count). The average molecular weight is 245 g/mol. The fourth-order valence-corrected chi connectivity index (χ4v) is 1.60. The normalized spacial score (nSPS) is 11.1. The summed E-state index contributed by atoms with van der Waals surface area (Å²) in [4.78, 5) is 0. The van der Waals surface area contributed by atoms with Gasteiger partial charge in [-0.15, -0.1) is 10.2 Å². The molecule has 0 aliphatic rings. The number of hydrogen-bond acceptors (Lipinski definition) is 4. The number of aromatic nitrogens is 2. The summed E-state index contributed by atoms with van der Waals surface area (Å²) in [6.45, 7) is 6.87. The van der Waals surface area contributed by atoms with E-state index in [4.69, 9.17) is 4.42 Å². The largest absolute Gasteiger partial charge is 0.424 e. The van der Waals surface area contributed by atoms with Gasteiger partial charge in [-0.3, -0.25) is 0 Å². The molecule has 0 amide bonds. The average Bonchev–Trinajstić information content (AvgIpc) is 2.77. The number of aryl methyl sites for hydroxylation is 1. The van der Waals surface area contributed by atoms with E-state index in [0.717, 1.165) is 0 Å². The van der Waals surface area contributed by atoms with Gasteiger partial charge in [0.2, 0.25) is 11.8 Å². The van der Waals surface area contributed by atoms with E-state index in [1.807, 2.05) is 0 Å². The molecule has 1 aromatic carbocycles. The molecule has 1 N–H and O–H groups in total. The van der Waals surface area contributed by atoms with Crippen LogP contribution < -0.4 is 5.32 Å². The predicted molar refractivity (Wildman–Crippen MR) is 70.3 cm³/mol. The third kappa shape index (κ3) is 3.67. The maximum absolute atomic E-state index is 5.58. The lowest BCUT2D eigenvalue weighted by Crippen LogP contribution is -2.21. The minimum Gasteiger partial charge on any atom is -0.424 e. The van der Waals surface area contributed by atoms with Gasteiger partial charge in [-0.25, -0.2) is 0 Å². The van der Waals surface area contributed by atoms with Crippen molar-refractivity contribution in [1.29, 1.82) is 0 Å². The number of benzene rings is 1. The van der Waals surface area contributed by atoms with Gasteiger partial charge in [0.25, 0.3) is 0 Å². The summed E-state index contributed by atoms with van der Waals surface area (Å²) in [7, 11) is 0. The highest BCUT2D eigenvalue weighted by Crippen LogP contribution is 2.09. The van der Waals surface area contributed by atoms with Crippen molar-refractivity contribution in [3.05, 3.63) is 47.2 Å². The Morgan fingerprint density at radius 3 is 2.44 bits per heavy atom.